The van der Waals surface area contributed by atoms with Crippen LogP contribution in [0.2, 0.25) is 0 Å². The number of carboxylic acid groups (broad SMARTS) is 1. The molecule has 190 valence electrons. The van der Waals surface area contributed by atoms with Crippen LogP contribution in [0.3, 0.4) is 0 Å². The maximum atomic E-state index is 13.6. The summed E-state index contributed by atoms with van der Waals surface area (Å²) in [5.41, 5.74) is 0.826. The summed E-state index contributed by atoms with van der Waals surface area (Å²) in [4.78, 5) is 35.7. The third-order valence-corrected chi connectivity index (χ3v) is 9.72. The van der Waals surface area contributed by atoms with Crippen LogP contribution < -0.4 is 5.32 Å². The van der Waals surface area contributed by atoms with Crippen LogP contribution in [0.15, 0.2) is 30.3 Å². The summed E-state index contributed by atoms with van der Waals surface area (Å²) in [5, 5.41) is 12.5. The zero-order valence-corrected chi connectivity index (χ0v) is 21.0. The fraction of sp³-hybridized carbons (Fsp3) is 0.692. The summed E-state index contributed by atoms with van der Waals surface area (Å²) in [6.07, 6.45) is 10.3. The molecular weight excluding hydrogens is 453 g/mol. The Hall–Kier alpha value is -1.85. The third kappa shape index (κ3) is 8.74. The molecular formula is C26H40NO6P. The molecule has 1 aromatic carbocycles. The number of carbonyl (C=O) groups is 2. The van der Waals surface area contributed by atoms with Crippen molar-refractivity contribution >= 4 is 19.4 Å². The molecule has 0 saturated heterocycles. The van der Waals surface area contributed by atoms with Gasteiger partial charge in [-0.3, -0.25) is 9.36 Å². The van der Waals surface area contributed by atoms with Crippen LogP contribution in [0.25, 0.3) is 0 Å². The second-order valence-corrected chi connectivity index (χ2v) is 12.7. The first-order chi connectivity index (χ1) is 16.3. The lowest BCUT2D eigenvalue weighted by Crippen LogP contribution is -2.38. The second kappa shape index (κ2) is 13.3. The van der Waals surface area contributed by atoms with Crippen LogP contribution in [0, 0.1) is 17.8 Å². The summed E-state index contributed by atoms with van der Waals surface area (Å²) in [7, 11) is -3.99. The van der Waals surface area contributed by atoms with Crippen molar-refractivity contribution in [1.82, 2.24) is 5.32 Å². The predicted octanol–water partition coefficient (Wildman–Crippen LogP) is 6.15. The van der Waals surface area contributed by atoms with E-state index in [0.717, 1.165) is 63.4 Å². The molecule has 7 nitrogen and oxygen atoms in total. The maximum Gasteiger partial charge on any atom is 0.408 e. The number of alkyl carbamates (subject to hydrolysis) is 1. The number of hydrogen-bond donors (Lipinski definition) is 3. The monoisotopic (exact) mass is 493 g/mol. The SMILES string of the molecule is O=C(NC(CC1CCCCC1)P(=O)(O)CC(CC1CCCCC1)C(=O)O)OCc1ccccc1. The van der Waals surface area contributed by atoms with Gasteiger partial charge in [0.1, 0.15) is 12.4 Å². The van der Waals surface area contributed by atoms with Gasteiger partial charge in [-0.2, -0.15) is 0 Å². The quantitative estimate of drug-likeness (QED) is 0.319. The van der Waals surface area contributed by atoms with Gasteiger partial charge < -0.3 is 20.1 Å². The van der Waals surface area contributed by atoms with E-state index < -0.39 is 31.1 Å². The van der Waals surface area contributed by atoms with E-state index in [0.29, 0.717) is 12.8 Å². The smallest absolute Gasteiger partial charge is 0.408 e. The number of amides is 1. The lowest BCUT2D eigenvalue weighted by molar-refractivity contribution is -0.141. The third-order valence-electron chi connectivity index (χ3n) is 7.44. The van der Waals surface area contributed by atoms with Crippen LogP contribution in [-0.4, -0.2) is 34.0 Å². The molecule has 34 heavy (non-hydrogen) atoms. The van der Waals surface area contributed by atoms with Crippen molar-refractivity contribution in [3.05, 3.63) is 35.9 Å². The molecule has 8 heteroatoms. The van der Waals surface area contributed by atoms with E-state index in [1.165, 1.54) is 6.42 Å². The van der Waals surface area contributed by atoms with Crippen LogP contribution >= 0.6 is 7.37 Å². The Morgan fingerprint density at radius 2 is 1.50 bits per heavy atom. The van der Waals surface area contributed by atoms with Gasteiger partial charge in [0.05, 0.1) is 5.92 Å². The summed E-state index contributed by atoms with van der Waals surface area (Å²) >= 11 is 0. The van der Waals surface area contributed by atoms with Gasteiger partial charge in [-0.05, 0) is 30.2 Å². The standard InChI is InChI=1S/C26H40NO6P/c28-25(29)23(16-20-10-4-1-5-11-20)19-34(31,32)24(17-21-12-6-2-7-13-21)27-26(30)33-18-22-14-8-3-9-15-22/h3,8-9,14-15,20-21,23-24H,1-2,4-7,10-13,16-19H2,(H,27,30)(H,28,29)(H,31,32). The molecule has 1 aromatic rings. The Kier molecular flexibility index (Phi) is 10.5. The number of nitrogens with one attached hydrogen (secondary N) is 1. The molecule has 2 fully saturated rings. The molecule has 3 N–H and O–H groups in total. The van der Waals surface area contributed by atoms with Crippen LogP contribution in [0.1, 0.15) is 82.6 Å². The van der Waals surface area contributed by atoms with E-state index in [1.807, 2.05) is 30.3 Å². The number of carbonyl (C=O) groups excluding carboxylic acids is 1. The Balaban J connectivity index is 1.66. The summed E-state index contributed by atoms with van der Waals surface area (Å²) in [5.74, 6) is -2.37. The van der Waals surface area contributed by atoms with Crippen LogP contribution in [-0.2, 0) is 20.7 Å². The summed E-state index contributed by atoms with van der Waals surface area (Å²) in [6, 6.07) is 9.25. The highest BCUT2D eigenvalue weighted by molar-refractivity contribution is 7.58. The topological polar surface area (TPSA) is 113 Å². The normalized spacial score (nSPS) is 21.2. The molecule has 2 aliphatic carbocycles. The Morgan fingerprint density at radius 3 is 2.06 bits per heavy atom. The molecule has 0 aliphatic heterocycles. The van der Waals surface area contributed by atoms with Gasteiger partial charge >= 0.3 is 12.1 Å². The highest BCUT2D eigenvalue weighted by atomic mass is 31.2. The molecule has 3 rings (SSSR count). The molecule has 0 heterocycles. The van der Waals surface area contributed by atoms with Gasteiger partial charge in [0.25, 0.3) is 0 Å². The van der Waals surface area contributed by atoms with Gasteiger partial charge in [0.2, 0.25) is 7.37 Å². The summed E-state index contributed by atoms with van der Waals surface area (Å²) < 4.78 is 18.9. The molecule has 2 saturated carbocycles. The largest absolute Gasteiger partial charge is 0.481 e. The van der Waals surface area contributed by atoms with Gasteiger partial charge in [0.15, 0.2) is 0 Å². The first kappa shape index (κ1) is 26.7. The number of carboxylic acids is 1. The van der Waals surface area contributed by atoms with Crippen molar-refractivity contribution in [3.63, 3.8) is 0 Å². The highest BCUT2D eigenvalue weighted by Crippen LogP contribution is 2.51. The Bertz CT molecular complexity index is 820. The first-order valence-electron chi connectivity index (χ1n) is 12.8. The van der Waals surface area contributed by atoms with Crippen molar-refractivity contribution in [2.45, 2.75) is 89.4 Å². The molecule has 0 bridgehead atoms. The van der Waals surface area contributed by atoms with Crippen molar-refractivity contribution < 1.29 is 28.9 Å². The van der Waals surface area contributed by atoms with Crippen LogP contribution in [0.5, 0.6) is 0 Å². The Labute approximate surface area is 203 Å². The highest BCUT2D eigenvalue weighted by Gasteiger charge is 2.39. The molecule has 1 amide bonds. The second-order valence-electron chi connectivity index (χ2n) is 10.2. The molecule has 3 unspecified atom stereocenters. The molecule has 2 aliphatic rings. The molecule has 0 radical (unpaired) electrons. The van der Waals surface area contributed by atoms with Gasteiger partial charge in [-0.15, -0.1) is 0 Å². The molecule has 0 aromatic heterocycles. The van der Waals surface area contributed by atoms with E-state index in [9.17, 15) is 24.2 Å². The minimum atomic E-state index is -3.99. The zero-order chi connectivity index (χ0) is 24.4. The summed E-state index contributed by atoms with van der Waals surface area (Å²) in [6.45, 7) is 0.0674. The number of hydrogen-bond acceptors (Lipinski definition) is 4. The Morgan fingerprint density at radius 1 is 0.941 bits per heavy atom. The molecule has 3 atom stereocenters. The van der Waals surface area contributed by atoms with Crippen molar-refractivity contribution in [1.29, 1.82) is 0 Å². The van der Waals surface area contributed by atoms with E-state index in [-0.39, 0.29) is 24.6 Å². The van der Waals surface area contributed by atoms with Crippen LogP contribution in [0.4, 0.5) is 4.79 Å². The first-order valence-corrected chi connectivity index (χ1v) is 14.8. The van der Waals surface area contributed by atoms with Crippen molar-refractivity contribution in [2.24, 2.45) is 17.8 Å². The lowest BCUT2D eigenvalue weighted by Gasteiger charge is -2.31. The van der Waals surface area contributed by atoms with E-state index in [1.54, 1.807) is 0 Å². The molecule has 0 spiro atoms. The number of ether oxygens (including phenoxy) is 1. The van der Waals surface area contributed by atoms with E-state index >= 15 is 0 Å². The van der Waals surface area contributed by atoms with E-state index in [4.69, 9.17) is 4.74 Å². The average molecular weight is 494 g/mol. The fourth-order valence-corrected chi connectivity index (χ4v) is 7.61. The lowest BCUT2D eigenvalue weighted by atomic mass is 9.83. The predicted molar refractivity (Wildman–Crippen MR) is 132 cm³/mol. The number of benzene rings is 1. The maximum absolute atomic E-state index is 13.6. The minimum Gasteiger partial charge on any atom is -0.481 e. The van der Waals surface area contributed by atoms with Crippen molar-refractivity contribution in [3.8, 4) is 0 Å². The number of aliphatic carboxylic acids is 1. The van der Waals surface area contributed by atoms with Gasteiger partial charge in [0, 0.05) is 6.16 Å². The minimum absolute atomic E-state index is 0.0674. The van der Waals surface area contributed by atoms with Crippen molar-refractivity contribution in [2.75, 3.05) is 6.16 Å². The number of rotatable bonds is 11. The zero-order valence-electron chi connectivity index (χ0n) is 20.1. The van der Waals surface area contributed by atoms with E-state index in [2.05, 4.69) is 5.32 Å². The van der Waals surface area contributed by atoms with Gasteiger partial charge in [-0.1, -0.05) is 94.5 Å². The van der Waals surface area contributed by atoms with Gasteiger partial charge in [-0.25, -0.2) is 4.79 Å². The fourth-order valence-electron chi connectivity index (χ4n) is 5.49. The average Bonchev–Trinajstić information content (AvgIpc) is 2.84.